The normalized spacial score (nSPS) is 16.5. The van der Waals surface area contributed by atoms with E-state index in [1.165, 1.54) is 0 Å². The fraction of sp³-hybridized carbons (Fsp3) is 0.333. The molecule has 1 fully saturated rings. The zero-order chi connectivity index (χ0) is 22.5. The second kappa shape index (κ2) is 9.74. The minimum Gasteiger partial charge on any atom is -0.494 e. The third-order valence-corrected chi connectivity index (χ3v) is 5.01. The van der Waals surface area contributed by atoms with Crippen LogP contribution >= 0.6 is 0 Å². The molecule has 0 radical (unpaired) electrons. The number of amides is 1. The van der Waals surface area contributed by atoms with Gasteiger partial charge in [0.2, 0.25) is 5.78 Å². The van der Waals surface area contributed by atoms with Crippen LogP contribution in [0.2, 0.25) is 0 Å². The van der Waals surface area contributed by atoms with Crippen LogP contribution in [-0.4, -0.2) is 56.3 Å². The summed E-state index contributed by atoms with van der Waals surface area (Å²) in [7, 11) is 0. The molecule has 32 heavy (non-hydrogen) atoms. The van der Waals surface area contributed by atoms with E-state index in [9.17, 15) is 9.59 Å². The summed E-state index contributed by atoms with van der Waals surface area (Å²) in [6.07, 6.45) is 1.07. The number of nitrogens with zero attached hydrogens (tertiary/aromatic N) is 1. The highest BCUT2D eigenvalue weighted by molar-refractivity contribution is 6.14. The first-order valence-electron chi connectivity index (χ1n) is 10.6. The van der Waals surface area contributed by atoms with E-state index >= 15 is 0 Å². The minimum absolute atomic E-state index is 0.131. The molecule has 0 unspecified atom stereocenters. The summed E-state index contributed by atoms with van der Waals surface area (Å²) in [4.78, 5) is 27.2. The number of benzene rings is 2. The summed E-state index contributed by atoms with van der Waals surface area (Å²) in [6.45, 7) is 6.45. The van der Waals surface area contributed by atoms with Crippen LogP contribution < -0.4 is 18.9 Å². The van der Waals surface area contributed by atoms with Crippen LogP contribution in [0.4, 0.5) is 4.79 Å². The molecule has 0 N–H and O–H groups in total. The van der Waals surface area contributed by atoms with E-state index in [2.05, 4.69) is 0 Å². The van der Waals surface area contributed by atoms with Gasteiger partial charge in [0, 0.05) is 24.7 Å². The Bertz CT molecular complexity index is 1040. The van der Waals surface area contributed by atoms with Gasteiger partial charge in [0.15, 0.2) is 17.3 Å². The fourth-order valence-corrected chi connectivity index (χ4v) is 3.49. The van der Waals surface area contributed by atoms with E-state index in [4.69, 9.17) is 23.7 Å². The van der Waals surface area contributed by atoms with E-state index in [-0.39, 0.29) is 17.3 Å². The number of fused-ring (bicyclic) bond motifs is 1. The predicted molar refractivity (Wildman–Crippen MR) is 117 cm³/mol. The van der Waals surface area contributed by atoms with Gasteiger partial charge in [0.05, 0.1) is 32.0 Å². The highest BCUT2D eigenvalue weighted by Crippen LogP contribution is 2.38. The number of Topliss-reactive ketones (excluding diaryl/α,β-unsaturated/α-hetero) is 1. The molecule has 1 amide bonds. The lowest BCUT2D eigenvalue weighted by Gasteiger charge is -2.26. The zero-order valence-corrected chi connectivity index (χ0v) is 18.1. The van der Waals surface area contributed by atoms with Gasteiger partial charge in [0.1, 0.15) is 11.5 Å². The lowest BCUT2D eigenvalue weighted by atomic mass is 10.1. The highest BCUT2D eigenvalue weighted by atomic mass is 16.6. The van der Waals surface area contributed by atoms with Crippen LogP contribution in [0.5, 0.6) is 23.0 Å². The number of ketones is 1. The van der Waals surface area contributed by atoms with Crippen LogP contribution in [0.1, 0.15) is 29.8 Å². The fourth-order valence-electron chi connectivity index (χ4n) is 3.49. The van der Waals surface area contributed by atoms with Crippen molar-refractivity contribution in [3.63, 3.8) is 0 Å². The van der Waals surface area contributed by atoms with Crippen LogP contribution in [0.25, 0.3) is 6.08 Å². The van der Waals surface area contributed by atoms with E-state index in [0.29, 0.717) is 67.9 Å². The van der Waals surface area contributed by atoms with Crippen LogP contribution in [0.3, 0.4) is 0 Å². The molecule has 2 aliphatic heterocycles. The molecule has 0 aliphatic carbocycles. The van der Waals surface area contributed by atoms with E-state index in [1.807, 2.05) is 13.8 Å². The van der Waals surface area contributed by atoms with Crippen molar-refractivity contribution < 1.29 is 33.3 Å². The standard InChI is InChI=1S/C24H25NO7/c1-3-29-17-8-9-18-20(15-17)31-21(22(18)26)14-16-6-5-7-19(30-4-2)23(16)32-24(27)25-10-12-28-13-11-25/h5-9,14-15H,3-4,10-13H2,1-2H3/b21-14-. The van der Waals surface area contributed by atoms with Crippen molar-refractivity contribution in [3.8, 4) is 23.0 Å². The summed E-state index contributed by atoms with van der Waals surface area (Å²) in [6, 6.07) is 10.3. The van der Waals surface area contributed by atoms with Gasteiger partial charge in [-0.15, -0.1) is 0 Å². The second-order valence-corrected chi connectivity index (χ2v) is 7.11. The maximum atomic E-state index is 12.9. The van der Waals surface area contributed by atoms with Gasteiger partial charge in [-0.05, 0) is 38.1 Å². The van der Waals surface area contributed by atoms with E-state index in [1.54, 1.807) is 47.4 Å². The molecule has 1 saturated heterocycles. The Hall–Kier alpha value is -3.52. The molecule has 2 heterocycles. The van der Waals surface area contributed by atoms with Gasteiger partial charge < -0.3 is 28.6 Å². The largest absolute Gasteiger partial charge is 0.494 e. The molecule has 0 aromatic heterocycles. The topological polar surface area (TPSA) is 83.5 Å². The van der Waals surface area contributed by atoms with Gasteiger partial charge in [-0.3, -0.25) is 4.79 Å². The Kier molecular flexibility index (Phi) is 6.61. The Morgan fingerprint density at radius 1 is 1.09 bits per heavy atom. The lowest BCUT2D eigenvalue weighted by Crippen LogP contribution is -2.42. The zero-order valence-electron chi connectivity index (χ0n) is 18.1. The first kappa shape index (κ1) is 21.7. The number of carbonyl (C=O) groups excluding carboxylic acids is 2. The van der Waals surface area contributed by atoms with Gasteiger partial charge in [-0.1, -0.05) is 12.1 Å². The van der Waals surface area contributed by atoms with Gasteiger partial charge >= 0.3 is 6.09 Å². The third kappa shape index (κ3) is 4.55. The summed E-state index contributed by atoms with van der Waals surface area (Å²) in [5.41, 5.74) is 0.950. The molecule has 168 valence electrons. The first-order valence-corrected chi connectivity index (χ1v) is 10.6. The van der Waals surface area contributed by atoms with Crippen LogP contribution in [-0.2, 0) is 4.74 Å². The monoisotopic (exact) mass is 439 g/mol. The highest BCUT2D eigenvalue weighted by Gasteiger charge is 2.29. The maximum absolute atomic E-state index is 12.9. The van der Waals surface area contributed by atoms with Gasteiger partial charge in [-0.25, -0.2) is 4.79 Å². The number of morpholine rings is 1. The number of para-hydroxylation sites is 1. The van der Waals surface area contributed by atoms with Crippen molar-refractivity contribution in [1.29, 1.82) is 0 Å². The molecule has 0 saturated carbocycles. The molecule has 8 nitrogen and oxygen atoms in total. The average Bonchev–Trinajstić information content (AvgIpc) is 3.11. The van der Waals surface area contributed by atoms with E-state index < -0.39 is 6.09 Å². The number of allylic oxidation sites excluding steroid dienone is 1. The lowest BCUT2D eigenvalue weighted by molar-refractivity contribution is 0.0413. The number of hydrogen-bond acceptors (Lipinski definition) is 7. The smallest absolute Gasteiger partial charge is 0.415 e. The number of ether oxygens (including phenoxy) is 5. The molecular formula is C24H25NO7. The second-order valence-electron chi connectivity index (χ2n) is 7.11. The van der Waals surface area contributed by atoms with Gasteiger partial charge in [0.25, 0.3) is 0 Å². The molecule has 2 aromatic rings. The van der Waals surface area contributed by atoms with Crippen LogP contribution in [0.15, 0.2) is 42.2 Å². The van der Waals surface area contributed by atoms with Crippen molar-refractivity contribution in [2.45, 2.75) is 13.8 Å². The summed E-state index contributed by atoms with van der Waals surface area (Å²) < 4.78 is 28.0. The molecule has 2 aliphatic rings. The van der Waals surface area contributed by atoms with Crippen molar-refractivity contribution in [1.82, 2.24) is 4.90 Å². The summed E-state index contributed by atoms with van der Waals surface area (Å²) in [5.74, 6) is 1.57. The molecule has 4 rings (SSSR count). The number of hydrogen-bond donors (Lipinski definition) is 0. The Morgan fingerprint density at radius 3 is 2.62 bits per heavy atom. The van der Waals surface area contributed by atoms with Gasteiger partial charge in [-0.2, -0.15) is 0 Å². The summed E-state index contributed by atoms with van der Waals surface area (Å²) in [5, 5.41) is 0. The third-order valence-electron chi connectivity index (χ3n) is 5.01. The summed E-state index contributed by atoms with van der Waals surface area (Å²) >= 11 is 0. The molecule has 2 aromatic carbocycles. The molecule has 8 heteroatoms. The predicted octanol–water partition coefficient (Wildman–Crippen LogP) is 3.93. The average molecular weight is 439 g/mol. The maximum Gasteiger partial charge on any atom is 0.415 e. The van der Waals surface area contributed by atoms with Crippen molar-refractivity contribution in [2.75, 3.05) is 39.5 Å². The quantitative estimate of drug-likeness (QED) is 0.631. The Balaban J connectivity index is 1.64. The first-order chi connectivity index (χ1) is 15.6. The Morgan fingerprint density at radius 2 is 1.88 bits per heavy atom. The van der Waals surface area contributed by atoms with Crippen molar-refractivity contribution in [2.24, 2.45) is 0 Å². The molecule has 0 atom stereocenters. The SMILES string of the molecule is CCOc1ccc2c(c1)O/C(=C\c1cccc(OCC)c1OC(=O)N1CCOCC1)C2=O. The van der Waals surface area contributed by atoms with Crippen LogP contribution in [0, 0.1) is 0 Å². The Labute approximate surface area is 186 Å². The van der Waals surface area contributed by atoms with Crippen molar-refractivity contribution in [3.05, 3.63) is 53.3 Å². The molecule has 0 bridgehead atoms. The van der Waals surface area contributed by atoms with Crippen molar-refractivity contribution >= 4 is 18.0 Å². The minimum atomic E-state index is -0.497. The van der Waals surface area contributed by atoms with E-state index in [0.717, 1.165) is 0 Å². The molecule has 0 spiro atoms. The number of carbonyl (C=O) groups is 2. The number of rotatable bonds is 6. The molecular weight excluding hydrogens is 414 g/mol.